The normalized spacial score (nSPS) is 18.8. The van der Waals surface area contributed by atoms with Gasteiger partial charge in [-0.15, -0.1) is 0 Å². The number of aliphatic imine (C=N–C) groups is 1. The summed E-state index contributed by atoms with van der Waals surface area (Å²) >= 11 is 0. The van der Waals surface area contributed by atoms with E-state index < -0.39 is 0 Å². The van der Waals surface area contributed by atoms with E-state index in [0.29, 0.717) is 146 Å². The summed E-state index contributed by atoms with van der Waals surface area (Å²) in [5, 5.41) is 12.9. The predicted molar refractivity (Wildman–Crippen MR) is 165 cm³/mol. The Morgan fingerprint density at radius 3 is 1.47 bits per heavy atom. The molecule has 244 valence electrons. The largest absolute Gasteiger partial charge is 0.487 e. The molecule has 0 saturated carbocycles. The number of allylic oxidation sites excluding steroid dienone is 1. The molecule has 0 aliphatic carbocycles. The smallest absolute Gasteiger partial charge is 0.163 e. The van der Waals surface area contributed by atoms with Gasteiger partial charge < -0.3 is 52.7 Å². The van der Waals surface area contributed by atoms with E-state index in [0.717, 1.165) is 0 Å². The Labute approximate surface area is 263 Å². The molecule has 1 N–H and O–H groups in total. The number of rotatable bonds is 4. The summed E-state index contributed by atoms with van der Waals surface area (Å²) in [6.45, 7) is 6.99. The van der Waals surface area contributed by atoms with Crippen LogP contribution in [0.15, 0.2) is 53.2 Å². The molecule has 0 saturated heterocycles. The van der Waals surface area contributed by atoms with Gasteiger partial charge >= 0.3 is 0 Å². The maximum atomic E-state index is 9.74. The van der Waals surface area contributed by atoms with Crippen LogP contribution in [-0.2, 0) is 28.4 Å². The number of ether oxygens (including phenoxy) is 10. The topological polar surface area (TPSA) is 140 Å². The second kappa shape index (κ2) is 20.9. The van der Waals surface area contributed by atoms with Crippen molar-refractivity contribution >= 4 is 17.6 Å². The minimum Gasteiger partial charge on any atom is -0.487 e. The summed E-state index contributed by atoms with van der Waals surface area (Å²) in [7, 11) is 0. The Bertz CT molecular complexity index is 1250. The fourth-order valence-corrected chi connectivity index (χ4v) is 3.97. The Morgan fingerprint density at radius 1 is 0.556 bits per heavy atom. The average Bonchev–Trinajstić information content (AvgIpc) is 3.07. The van der Waals surface area contributed by atoms with E-state index in [1.807, 2.05) is 6.07 Å². The van der Waals surface area contributed by atoms with Crippen molar-refractivity contribution in [1.82, 2.24) is 0 Å². The highest BCUT2D eigenvalue weighted by Crippen LogP contribution is 2.32. The first-order valence-corrected chi connectivity index (χ1v) is 15.0. The van der Waals surface area contributed by atoms with E-state index in [9.17, 15) is 5.26 Å². The quantitative estimate of drug-likeness (QED) is 0.392. The molecule has 2 aliphatic heterocycles. The van der Waals surface area contributed by atoms with Gasteiger partial charge in [-0.3, -0.25) is 4.99 Å². The van der Waals surface area contributed by atoms with Crippen LogP contribution < -0.4 is 24.3 Å². The summed E-state index contributed by atoms with van der Waals surface area (Å²) in [4.78, 5) is 4.47. The number of nitrogens with one attached hydrogen (secondary N) is 1. The molecule has 4 rings (SSSR count). The van der Waals surface area contributed by atoms with Gasteiger partial charge in [0.05, 0.1) is 90.5 Å². The SMILES string of the molecule is N#C/C(C=Nc1ccc2c(c1)OCCOCCOCCOCCO2)=C/Nc1ccc2c(c1)OCCOCCOCCOCCO2. The van der Waals surface area contributed by atoms with Gasteiger partial charge in [0.2, 0.25) is 0 Å². The highest BCUT2D eigenvalue weighted by molar-refractivity contribution is 5.86. The molecule has 0 bridgehead atoms. The maximum Gasteiger partial charge on any atom is 0.163 e. The number of fused-ring (bicyclic) bond motifs is 2. The highest BCUT2D eigenvalue weighted by atomic mass is 16.6. The average molecular weight is 628 g/mol. The second-order valence-electron chi connectivity index (χ2n) is 9.47. The third-order valence-electron chi connectivity index (χ3n) is 6.18. The number of nitriles is 1. The van der Waals surface area contributed by atoms with Gasteiger partial charge in [0.1, 0.15) is 32.5 Å². The first kappa shape index (κ1) is 34.0. The molecule has 2 heterocycles. The molecule has 0 amide bonds. The molecular formula is C32H41N3O10. The molecule has 45 heavy (non-hydrogen) atoms. The number of hydrogen-bond acceptors (Lipinski definition) is 13. The van der Waals surface area contributed by atoms with E-state index in [1.165, 1.54) is 6.21 Å². The van der Waals surface area contributed by atoms with Crippen molar-refractivity contribution < 1.29 is 47.4 Å². The van der Waals surface area contributed by atoms with Crippen LogP contribution in [0.2, 0.25) is 0 Å². The summed E-state index contributed by atoms with van der Waals surface area (Å²) in [5.74, 6) is 2.22. The van der Waals surface area contributed by atoms with Crippen molar-refractivity contribution in [3.05, 3.63) is 48.2 Å². The molecule has 13 heteroatoms. The van der Waals surface area contributed by atoms with Gasteiger partial charge in [-0.25, -0.2) is 0 Å². The standard InChI is InChI=1S/C32H41N3O10/c33-23-26(24-34-27-1-3-29-31(21-27)44-19-15-40-11-7-36-5-9-38-13-17-42-29)25-35-28-2-4-30-32(22-28)45-20-16-41-12-8-37-6-10-39-14-18-43-30/h1-4,21-22,24-25,34H,5-20H2/b26-24-,35-25?. The van der Waals surface area contributed by atoms with E-state index in [-0.39, 0.29) is 0 Å². The van der Waals surface area contributed by atoms with E-state index >= 15 is 0 Å². The minimum absolute atomic E-state index is 0.303. The van der Waals surface area contributed by atoms with Gasteiger partial charge in [-0.2, -0.15) is 5.26 Å². The summed E-state index contributed by atoms with van der Waals surface area (Å²) < 4.78 is 56.6. The number of anilines is 1. The third kappa shape index (κ3) is 13.3. The van der Waals surface area contributed by atoms with Crippen LogP contribution in [0.5, 0.6) is 23.0 Å². The summed E-state index contributed by atoms with van der Waals surface area (Å²) in [6.07, 6.45) is 3.04. The molecule has 0 fully saturated rings. The van der Waals surface area contributed by atoms with Crippen molar-refractivity contribution in [2.24, 2.45) is 4.99 Å². The first-order chi connectivity index (χ1) is 22.3. The lowest BCUT2D eigenvalue weighted by Gasteiger charge is -2.14. The van der Waals surface area contributed by atoms with Crippen molar-refractivity contribution in [3.8, 4) is 29.1 Å². The maximum absolute atomic E-state index is 9.74. The van der Waals surface area contributed by atoms with Crippen molar-refractivity contribution in [1.29, 1.82) is 5.26 Å². The fraction of sp³-hybridized carbons (Fsp3) is 0.500. The van der Waals surface area contributed by atoms with Gasteiger partial charge in [0.25, 0.3) is 0 Å². The molecule has 2 aromatic carbocycles. The summed E-state index contributed by atoms with van der Waals surface area (Å²) in [6, 6.07) is 12.9. The molecule has 0 atom stereocenters. The lowest BCUT2D eigenvalue weighted by molar-refractivity contribution is 0.00708. The van der Waals surface area contributed by atoms with E-state index in [4.69, 9.17) is 47.4 Å². The van der Waals surface area contributed by atoms with Crippen molar-refractivity contribution in [3.63, 3.8) is 0 Å². The number of benzene rings is 2. The minimum atomic E-state index is 0.303. The zero-order valence-corrected chi connectivity index (χ0v) is 25.4. The Hall–Kier alpha value is -3.90. The Morgan fingerprint density at radius 2 is 0.978 bits per heavy atom. The van der Waals surface area contributed by atoms with Crippen molar-refractivity contribution in [2.45, 2.75) is 0 Å². The van der Waals surface area contributed by atoms with Crippen LogP contribution in [0.4, 0.5) is 11.4 Å². The lowest BCUT2D eigenvalue weighted by Crippen LogP contribution is -2.13. The zero-order valence-electron chi connectivity index (χ0n) is 25.4. The van der Waals surface area contributed by atoms with Crippen LogP contribution >= 0.6 is 0 Å². The van der Waals surface area contributed by atoms with Crippen LogP contribution in [0, 0.1) is 11.3 Å². The summed E-state index contributed by atoms with van der Waals surface area (Å²) in [5.41, 5.74) is 1.59. The van der Waals surface area contributed by atoms with Crippen LogP contribution in [0.25, 0.3) is 0 Å². The van der Waals surface area contributed by atoms with E-state index in [1.54, 1.807) is 36.5 Å². The molecule has 0 radical (unpaired) electrons. The van der Waals surface area contributed by atoms with Crippen LogP contribution in [0.1, 0.15) is 0 Å². The lowest BCUT2D eigenvalue weighted by atomic mass is 10.2. The zero-order chi connectivity index (χ0) is 31.2. The van der Waals surface area contributed by atoms with Crippen molar-refractivity contribution in [2.75, 3.05) is 111 Å². The van der Waals surface area contributed by atoms with Crippen LogP contribution in [-0.4, -0.2) is 112 Å². The van der Waals surface area contributed by atoms with E-state index in [2.05, 4.69) is 16.4 Å². The molecule has 2 aliphatic rings. The highest BCUT2D eigenvalue weighted by Gasteiger charge is 2.10. The predicted octanol–water partition coefficient (Wildman–Crippen LogP) is 3.55. The Balaban J connectivity index is 1.38. The monoisotopic (exact) mass is 627 g/mol. The fourth-order valence-electron chi connectivity index (χ4n) is 3.97. The van der Waals surface area contributed by atoms with Gasteiger partial charge in [0, 0.05) is 30.2 Å². The van der Waals surface area contributed by atoms with Crippen LogP contribution in [0.3, 0.4) is 0 Å². The number of nitrogens with zero attached hydrogens (tertiary/aromatic N) is 2. The third-order valence-corrected chi connectivity index (χ3v) is 6.18. The molecule has 0 spiro atoms. The molecule has 2 aromatic rings. The second-order valence-corrected chi connectivity index (χ2v) is 9.47. The Kier molecular flexibility index (Phi) is 15.8. The molecule has 13 nitrogen and oxygen atoms in total. The van der Waals surface area contributed by atoms with Gasteiger partial charge in [-0.1, -0.05) is 0 Å². The molecule has 0 unspecified atom stereocenters. The molecule has 0 aromatic heterocycles. The first-order valence-electron chi connectivity index (χ1n) is 15.0. The molecular weight excluding hydrogens is 586 g/mol. The van der Waals surface area contributed by atoms with Gasteiger partial charge in [-0.05, 0) is 24.3 Å². The number of hydrogen-bond donors (Lipinski definition) is 1. The van der Waals surface area contributed by atoms with Gasteiger partial charge in [0.15, 0.2) is 23.0 Å².